The second kappa shape index (κ2) is 8.65. The summed E-state index contributed by atoms with van der Waals surface area (Å²) >= 11 is -2.34. The van der Waals surface area contributed by atoms with E-state index in [0.29, 0.717) is 5.69 Å². The maximum Gasteiger partial charge on any atom is 0.115 e. The van der Waals surface area contributed by atoms with Gasteiger partial charge in [-0.15, -0.1) is 0 Å². The van der Waals surface area contributed by atoms with Gasteiger partial charge >= 0.3 is 0 Å². The molecule has 0 radical (unpaired) electrons. The molecular formula is C21H20NO3S-. The van der Waals surface area contributed by atoms with Gasteiger partial charge in [-0.05, 0) is 59.7 Å². The maximum atomic E-state index is 10.9. The molecule has 0 saturated heterocycles. The average Bonchev–Trinajstić information content (AvgIpc) is 2.62. The molecule has 2 N–H and O–H groups in total. The topological polar surface area (TPSA) is 72.4 Å². The van der Waals surface area contributed by atoms with Gasteiger partial charge in [0.15, 0.2) is 0 Å². The van der Waals surface area contributed by atoms with E-state index in [0.717, 1.165) is 24.0 Å². The fourth-order valence-electron chi connectivity index (χ4n) is 3.14. The first-order valence-corrected chi connectivity index (χ1v) is 9.45. The summed E-state index contributed by atoms with van der Waals surface area (Å²) in [7, 11) is 0. The van der Waals surface area contributed by atoms with Gasteiger partial charge in [0.1, 0.15) is 5.75 Å². The Bertz CT molecular complexity index is 883. The first kappa shape index (κ1) is 18.2. The highest BCUT2D eigenvalue weighted by Crippen LogP contribution is 2.27. The predicted molar refractivity (Wildman–Crippen MR) is 104 cm³/mol. The van der Waals surface area contributed by atoms with E-state index in [1.54, 1.807) is 18.2 Å². The number of aromatic hydroxyl groups is 1. The highest BCUT2D eigenvalue weighted by atomic mass is 32.2. The Morgan fingerprint density at radius 1 is 0.885 bits per heavy atom. The number of phenols is 1. The van der Waals surface area contributed by atoms with Crippen LogP contribution in [0.4, 0.5) is 5.69 Å². The third kappa shape index (κ3) is 5.18. The van der Waals surface area contributed by atoms with Crippen LogP contribution in [0.15, 0.2) is 78.9 Å². The van der Waals surface area contributed by atoms with Gasteiger partial charge < -0.3 is 14.4 Å². The molecular weight excluding hydrogens is 346 g/mol. The van der Waals surface area contributed by atoms with Crippen molar-refractivity contribution in [2.24, 2.45) is 0 Å². The van der Waals surface area contributed by atoms with Gasteiger partial charge in [0.2, 0.25) is 0 Å². The van der Waals surface area contributed by atoms with Crippen molar-refractivity contribution in [2.75, 3.05) is 4.72 Å². The molecule has 0 aliphatic rings. The van der Waals surface area contributed by atoms with E-state index in [-0.39, 0.29) is 11.7 Å². The summed E-state index contributed by atoms with van der Waals surface area (Å²) in [5, 5.41) is 9.74. The Kier molecular flexibility index (Phi) is 6.04. The summed E-state index contributed by atoms with van der Waals surface area (Å²) in [5.41, 5.74) is 3.88. The van der Waals surface area contributed by atoms with Crippen LogP contribution in [-0.4, -0.2) is 13.9 Å². The molecule has 0 bridgehead atoms. The summed E-state index contributed by atoms with van der Waals surface area (Å²) in [6.07, 6.45) is 1.55. The number of hydrogen-bond donors (Lipinski definition) is 2. The monoisotopic (exact) mass is 366 g/mol. The minimum atomic E-state index is -2.34. The Labute approximate surface area is 155 Å². The van der Waals surface area contributed by atoms with Gasteiger partial charge in [0.05, 0.1) is 0 Å². The number of hydrogen-bond acceptors (Lipinski definition) is 3. The van der Waals surface area contributed by atoms with E-state index in [2.05, 4.69) is 16.9 Å². The molecule has 0 fully saturated rings. The van der Waals surface area contributed by atoms with Gasteiger partial charge in [0, 0.05) is 17.0 Å². The third-order valence-corrected chi connectivity index (χ3v) is 4.68. The molecule has 134 valence electrons. The van der Waals surface area contributed by atoms with Crippen LogP contribution in [0.5, 0.6) is 5.75 Å². The molecule has 3 rings (SSSR count). The predicted octanol–water partition coefficient (Wildman–Crippen LogP) is 4.17. The fourth-order valence-corrected chi connectivity index (χ4v) is 3.46. The second-order valence-electron chi connectivity index (χ2n) is 6.22. The Balaban J connectivity index is 1.85. The lowest BCUT2D eigenvalue weighted by molar-refractivity contribution is 0.474. The van der Waals surface area contributed by atoms with Crippen molar-refractivity contribution in [3.63, 3.8) is 0 Å². The highest BCUT2D eigenvalue weighted by molar-refractivity contribution is 7.80. The van der Waals surface area contributed by atoms with E-state index in [1.165, 1.54) is 5.56 Å². The van der Waals surface area contributed by atoms with Crippen LogP contribution in [0.1, 0.15) is 22.6 Å². The number of nitrogens with one attached hydrogen (secondary N) is 1. The van der Waals surface area contributed by atoms with E-state index in [9.17, 15) is 13.9 Å². The molecule has 0 aromatic heterocycles. The zero-order valence-corrected chi connectivity index (χ0v) is 15.0. The Morgan fingerprint density at radius 3 is 2.19 bits per heavy atom. The lowest BCUT2D eigenvalue weighted by Gasteiger charge is -2.19. The molecule has 0 spiro atoms. The van der Waals surface area contributed by atoms with Crippen LogP contribution in [0.2, 0.25) is 0 Å². The van der Waals surface area contributed by atoms with Crippen LogP contribution in [0.25, 0.3) is 0 Å². The molecule has 0 aliphatic carbocycles. The normalized spacial score (nSPS) is 13.1. The number of benzene rings is 3. The van der Waals surface area contributed by atoms with Crippen LogP contribution in [0.3, 0.4) is 0 Å². The van der Waals surface area contributed by atoms with Crippen molar-refractivity contribution < 1.29 is 13.9 Å². The van der Waals surface area contributed by atoms with Gasteiger partial charge in [-0.3, -0.25) is 4.21 Å². The van der Waals surface area contributed by atoms with Crippen molar-refractivity contribution in [3.05, 3.63) is 95.6 Å². The largest absolute Gasteiger partial charge is 0.755 e. The van der Waals surface area contributed by atoms with Gasteiger partial charge in [-0.25, -0.2) is 0 Å². The molecule has 0 heterocycles. The molecule has 4 nitrogen and oxygen atoms in total. The summed E-state index contributed by atoms with van der Waals surface area (Å²) < 4.78 is 24.1. The molecule has 26 heavy (non-hydrogen) atoms. The second-order valence-corrected chi connectivity index (χ2v) is 6.90. The molecule has 2 unspecified atom stereocenters. The van der Waals surface area contributed by atoms with Crippen LogP contribution < -0.4 is 4.72 Å². The van der Waals surface area contributed by atoms with Crippen molar-refractivity contribution in [1.29, 1.82) is 0 Å². The summed E-state index contributed by atoms with van der Waals surface area (Å²) in [6.45, 7) is 0. The lowest BCUT2D eigenvalue weighted by atomic mass is 9.86. The molecule has 0 amide bonds. The molecule has 3 aromatic carbocycles. The molecule has 0 saturated carbocycles. The van der Waals surface area contributed by atoms with Gasteiger partial charge in [-0.2, -0.15) is 0 Å². The smallest absolute Gasteiger partial charge is 0.115 e. The van der Waals surface area contributed by atoms with Crippen LogP contribution in [-0.2, 0) is 24.1 Å². The van der Waals surface area contributed by atoms with E-state index >= 15 is 0 Å². The van der Waals surface area contributed by atoms with Crippen molar-refractivity contribution in [2.45, 2.75) is 18.8 Å². The summed E-state index contributed by atoms with van der Waals surface area (Å²) in [6, 6.07) is 25.0. The van der Waals surface area contributed by atoms with Crippen molar-refractivity contribution in [1.82, 2.24) is 0 Å². The third-order valence-electron chi connectivity index (χ3n) is 4.27. The lowest BCUT2D eigenvalue weighted by Crippen LogP contribution is -2.08. The molecule has 2 atom stereocenters. The van der Waals surface area contributed by atoms with E-state index in [1.807, 2.05) is 48.5 Å². The Hall–Kier alpha value is -2.63. The highest BCUT2D eigenvalue weighted by Gasteiger charge is 2.14. The first-order chi connectivity index (χ1) is 12.6. The standard InChI is InChI=1S/C21H21NO3S/c23-21-11-5-7-17(15-21)13-19(18-8-2-1-3-9-18)12-16-6-4-10-20(14-16)22-26(24)25/h1-11,14-15,19,22-23H,12-13H2,(H,24,25)/p-1. The van der Waals surface area contributed by atoms with E-state index in [4.69, 9.17) is 0 Å². The quantitative estimate of drug-likeness (QED) is 0.617. The Morgan fingerprint density at radius 2 is 1.54 bits per heavy atom. The number of phenolic OH excluding ortho intramolecular Hbond substituents is 1. The zero-order chi connectivity index (χ0) is 18.4. The summed E-state index contributed by atoms with van der Waals surface area (Å²) in [4.78, 5) is 0. The minimum Gasteiger partial charge on any atom is -0.755 e. The summed E-state index contributed by atoms with van der Waals surface area (Å²) in [5.74, 6) is 0.476. The average molecular weight is 366 g/mol. The maximum absolute atomic E-state index is 10.9. The number of rotatable bonds is 7. The van der Waals surface area contributed by atoms with E-state index < -0.39 is 11.3 Å². The van der Waals surface area contributed by atoms with Crippen LogP contribution in [0, 0.1) is 0 Å². The first-order valence-electron chi connectivity index (χ1n) is 8.38. The van der Waals surface area contributed by atoms with Gasteiger partial charge in [-0.1, -0.05) is 54.6 Å². The van der Waals surface area contributed by atoms with Crippen molar-refractivity contribution in [3.8, 4) is 5.75 Å². The number of anilines is 1. The van der Waals surface area contributed by atoms with Gasteiger partial charge in [0.25, 0.3) is 0 Å². The SMILES string of the molecule is O=S([O-])Nc1cccc(CC(Cc2cccc(O)c2)c2ccccc2)c1. The van der Waals surface area contributed by atoms with Crippen LogP contribution >= 0.6 is 0 Å². The molecule has 0 aliphatic heterocycles. The molecule has 3 aromatic rings. The molecule has 5 heteroatoms. The zero-order valence-electron chi connectivity index (χ0n) is 14.2. The minimum absolute atomic E-state index is 0.214. The van der Waals surface area contributed by atoms with Crippen molar-refractivity contribution >= 4 is 17.0 Å². The fraction of sp³-hybridized carbons (Fsp3) is 0.143.